The Morgan fingerprint density at radius 2 is 1.63 bits per heavy atom. The Hall–Kier alpha value is -0.860. The van der Waals surface area contributed by atoms with Crippen LogP contribution >= 0.6 is 0 Å². The summed E-state index contributed by atoms with van der Waals surface area (Å²) in [4.78, 5) is 0. The number of hydrogen-bond donors (Lipinski definition) is 2. The van der Waals surface area contributed by atoms with Gasteiger partial charge in [0, 0.05) is 6.54 Å². The van der Waals surface area contributed by atoms with Gasteiger partial charge in [-0.05, 0) is 49.5 Å². The summed E-state index contributed by atoms with van der Waals surface area (Å²) in [5, 5.41) is 6.86. The van der Waals surface area contributed by atoms with Crippen molar-refractivity contribution in [3.05, 3.63) is 35.4 Å². The molecular weight excluding hydrogens is 232 g/mol. The first kappa shape index (κ1) is 16.2. The highest BCUT2D eigenvalue weighted by Crippen LogP contribution is 2.10. The van der Waals surface area contributed by atoms with Crippen molar-refractivity contribution in [2.45, 2.75) is 40.2 Å². The molecule has 0 heterocycles. The average molecular weight is 262 g/mol. The van der Waals surface area contributed by atoms with E-state index in [1.165, 1.54) is 24.0 Å². The van der Waals surface area contributed by atoms with Crippen molar-refractivity contribution in [1.29, 1.82) is 0 Å². The van der Waals surface area contributed by atoms with Gasteiger partial charge in [0.1, 0.15) is 0 Å². The minimum atomic E-state index is 0.698. The molecular formula is C17H30N2. The Bertz CT molecular complexity index is 330. The van der Waals surface area contributed by atoms with E-state index in [0.29, 0.717) is 11.8 Å². The molecule has 0 aromatic heterocycles. The predicted octanol–water partition coefficient (Wildman–Crippen LogP) is 3.22. The molecule has 1 aromatic carbocycles. The number of rotatable bonds is 9. The molecule has 0 saturated carbocycles. The molecule has 0 fully saturated rings. The van der Waals surface area contributed by atoms with Gasteiger partial charge in [0.15, 0.2) is 0 Å². The standard InChI is InChI=1S/C17H30N2/c1-5-6-15-7-9-16(10-8-15)11-19-13-17(12-18-4)14(2)3/h7-10,14,17-19H,5-6,11-13H2,1-4H3. The van der Waals surface area contributed by atoms with Gasteiger partial charge in [-0.1, -0.05) is 51.5 Å². The molecule has 0 aliphatic rings. The van der Waals surface area contributed by atoms with E-state index in [1.807, 2.05) is 7.05 Å². The minimum absolute atomic E-state index is 0.698. The molecule has 0 amide bonds. The van der Waals surface area contributed by atoms with Gasteiger partial charge in [0.05, 0.1) is 0 Å². The van der Waals surface area contributed by atoms with E-state index in [4.69, 9.17) is 0 Å². The second-order valence-electron chi connectivity index (χ2n) is 5.76. The largest absolute Gasteiger partial charge is 0.319 e. The second-order valence-corrected chi connectivity index (χ2v) is 5.76. The Morgan fingerprint density at radius 1 is 1.00 bits per heavy atom. The van der Waals surface area contributed by atoms with Crippen molar-refractivity contribution in [3.63, 3.8) is 0 Å². The fourth-order valence-electron chi connectivity index (χ4n) is 2.32. The molecule has 0 aliphatic heterocycles. The normalized spacial score (nSPS) is 12.9. The topological polar surface area (TPSA) is 24.1 Å². The molecule has 1 rings (SSSR count). The number of benzene rings is 1. The van der Waals surface area contributed by atoms with Crippen molar-refractivity contribution in [2.24, 2.45) is 11.8 Å². The van der Waals surface area contributed by atoms with E-state index < -0.39 is 0 Å². The summed E-state index contributed by atoms with van der Waals surface area (Å²) in [5.41, 5.74) is 2.83. The zero-order valence-corrected chi connectivity index (χ0v) is 13.0. The Kier molecular flexibility index (Phi) is 7.76. The molecule has 0 aliphatic carbocycles. The summed E-state index contributed by atoms with van der Waals surface area (Å²) >= 11 is 0. The van der Waals surface area contributed by atoms with Crippen LogP contribution in [0.2, 0.25) is 0 Å². The van der Waals surface area contributed by atoms with Crippen LogP contribution in [0.15, 0.2) is 24.3 Å². The van der Waals surface area contributed by atoms with E-state index >= 15 is 0 Å². The van der Waals surface area contributed by atoms with Crippen LogP contribution in [0.5, 0.6) is 0 Å². The minimum Gasteiger partial charge on any atom is -0.319 e. The molecule has 2 heteroatoms. The zero-order chi connectivity index (χ0) is 14.1. The highest BCUT2D eigenvalue weighted by Gasteiger charge is 2.11. The van der Waals surface area contributed by atoms with Gasteiger partial charge in [-0.3, -0.25) is 0 Å². The lowest BCUT2D eigenvalue weighted by atomic mass is 9.95. The first-order valence-corrected chi connectivity index (χ1v) is 7.60. The monoisotopic (exact) mass is 262 g/mol. The molecule has 0 bridgehead atoms. The maximum Gasteiger partial charge on any atom is 0.0205 e. The average Bonchev–Trinajstić information content (AvgIpc) is 2.40. The summed E-state index contributed by atoms with van der Waals surface area (Å²) in [6, 6.07) is 9.02. The number of hydrogen-bond acceptors (Lipinski definition) is 2. The van der Waals surface area contributed by atoms with Crippen molar-refractivity contribution in [1.82, 2.24) is 10.6 Å². The maximum atomic E-state index is 3.58. The first-order valence-electron chi connectivity index (χ1n) is 7.60. The molecule has 0 spiro atoms. The Labute approximate surface area is 119 Å². The highest BCUT2D eigenvalue weighted by atomic mass is 14.9. The molecule has 2 nitrogen and oxygen atoms in total. The second kappa shape index (κ2) is 9.11. The van der Waals surface area contributed by atoms with E-state index in [1.54, 1.807) is 0 Å². The predicted molar refractivity (Wildman–Crippen MR) is 84.4 cm³/mol. The van der Waals surface area contributed by atoms with Gasteiger partial charge in [0.25, 0.3) is 0 Å². The third-order valence-electron chi connectivity index (χ3n) is 3.71. The third kappa shape index (κ3) is 6.22. The Morgan fingerprint density at radius 3 is 2.16 bits per heavy atom. The molecule has 2 N–H and O–H groups in total. The summed E-state index contributed by atoms with van der Waals surface area (Å²) in [6.07, 6.45) is 2.41. The lowest BCUT2D eigenvalue weighted by Gasteiger charge is -2.21. The molecule has 108 valence electrons. The van der Waals surface area contributed by atoms with E-state index in [9.17, 15) is 0 Å². The van der Waals surface area contributed by atoms with Crippen molar-refractivity contribution >= 4 is 0 Å². The van der Waals surface area contributed by atoms with Crippen LogP contribution in [0, 0.1) is 11.8 Å². The van der Waals surface area contributed by atoms with Gasteiger partial charge in [-0.2, -0.15) is 0 Å². The van der Waals surface area contributed by atoms with E-state index in [0.717, 1.165) is 19.6 Å². The van der Waals surface area contributed by atoms with Crippen molar-refractivity contribution < 1.29 is 0 Å². The van der Waals surface area contributed by atoms with Gasteiger partial charge < -0.3 is 10.6 Å². The van der Waals surface area contributed by atoms with Crippen LogP contribution in [0.25, 0.3) is 0 Å². The van der Waals surface area contributed by atoms with Crippen LogP contribution < -0.4 is 10.6 Å². The summed E-state index contributed by atoms with van der Waals surface area (Å²) in [5.74, 6) is 1.41. The van der Waals surface area contributed by atoms with E-state index in [2.05, 4.69) is 55.7 Å². The lowest BCUT2D eigenvalue weighted by molar-refractivity contribution is 0.352. The number of nitrogens with one attached hydrogen (secondary N) is 2. The third-order valence-corrected chi connectivity index (χ3v) is 3.71. The SMILES string of the molecule is CCCc1ccc(CNCC(CNC)C(C)C)cc1. The van der Waals surface area contributed by atoms with Crippen LogP contribution in [0.1, 0.15) is 38.3 Å². The van der Waals surface area contributed by atoms with Crippen molar-refractivity contribution in [2.75, 3.05) is 20.1 Å². The van der Waals surface area contributed by atoms with E-state index in [-0.39, 0.29) is 0 Å². The summed E-state index contributed by atoms with van der Waals surface area (Å²) < 4.78 is 0. The van der Waals surface area contributed by atoms with Crippen LogP contribution in [0.4, 0.5) is 0 Å². The maximum absolute atomic E-state index is 3.58. The molecule has 1 aromatic rings. The molecule has 19 heavy (non-hydrogen) atoms. The molecule has 1 unspecified atom stereocenters. The summed E-state index contributed by atoms with van der Waals surface area (Å²) in [7, 11) is 2.03. The quantitative estimate of drug-likeness (QED) is 0.714. The van der Waals surface area contributed by atoms with Gasteiger partial charge in [0.2, 0.25) is 0 Å². The first-order chi connectivity index (χ1) is 9.17. The lowest BCUT2D eigenvalue weighted by Crippen LogP contribution is -2.32. The highest BCUT2D eigenvalue weighted by molar-refractivity contribution is 5.22. The number of aryl methyl sites for hydroxylation is 1. The van der Waals surface area contributed by atoms with Gasteiger partial charge in [-0.15, -0.1) is 0 Å². The molecule has 0 saturated heterocycles. The Balaban J connectivity index is 2.35. The smallest absolute Gasteiger partial charge is 0.0205 e. The van der Waals surface area contributed by atoms with Gasteiger partial charge >= 0.3 is 0 Å². The zero-order valence-electron chi connectivity index (χ0n) is 13.0. The molecule has 0 radical (unpaired) electrons. The van der Waals surface area contributed by atoms with Gasteiger partial charge in [-0.25, -0.2) is 0 Å². The fraction of sp³-hybridized carbons (Fsp3) is 0.647. The van der Waals surface area contributed by atoms with Crippen LogP contribution in [-0.2, 0) is 13.0 Å². The van der Waals surface area contributed by atoms with Crippen molar-refractivity contribution in [3.8, 4) is 0 Å². The summed E-state index contributed by atoms with van der Waals surface area (Å²) in [6.45, 7) is 9.95. The fourth-order valence-corrected chi connectivity index (χ4v) is 2.32. The van der Waals surface area contributed by atoms with Crippen LogP contribution in [0.3, 0.4) is 0 Å². The van der Waals surface area contributed by atoms with Crippen LogP contribution in [-0.4, -0.2) is 20.1 Å². The molecule has 1 atom stereocenters.